The van der Waals surface area contributed by atoms with Crippen molar-refractivity contribution in [2.75, 3.05) is 10.2 Å². The highest BCUT2D eigenvalue weighted by Crippen LogP contribution is 2.54. The van der Waals surface area contributed by atoms with Crippen molar-refractivity contribution < 1.29 is 14.4 Å². The fraction of sp³-hybridized carbons (Fsp3) is 0.375. The summed E-state index contributed by atoms with van der Waals surface area (Å²) in [5, 5.41) is 6.38. The van der Waals surface area contributed by atoms with Crippen molar-refractivity contribution in [2.24, 2.45) is 17.8 Å². The maximum atomic E-state index is 13.8. The number of para-hydroxylation sites is 1. The van der Waals surface area contributed by atoms with Gasteiger partial charge in [0.15, 0.2) is 0 Å². The van der Waals surface area contributed by atoms with Gasteiger partial charge in [0, 0.05) is 17.3 Å². The highest BCUT2D eigenvalue weighted by molar-refractivity contribution is 6.26. The molecule has 3 aliphatic rings. The Hall–Kier alpha value is -2.99. The van der Waals surface area contributed by atoms with Gasteiger partial charge in [0.2, 0.25) is 17.7 Å². The molecule has 0 unspecified atom stereocenters. The zero-order valence-corrected chi connectivity index (χ0v) is 17.5. The van der Waals surface area contributed by atoms with Crippen LogP contribution in [-0.4, -0.2) is 23.8 Å². The lowest BCUT2D eigenvalue weighted by atomic mass is 9.76. The molecule has 0 bridgehead atoms. The number of hydrogen-bond acceptors (Lipinski definition) is 4. The molecule has 2 aromatic rings. The molecule has 0 radical (unpaired) electrons. The maximum Gasteiger partial charge on any atom is 0.250 e. The Morgan fingerprint density at radius 2 is 1.73 bits per heavy atom. The first-order valence-corrected chi connectivity index (χ1v) is 10.4. The number of carbonyl (C=O) groups is 3. The Kier molecular flexibility index (Phi) is 3.96. The molecule has 5 rings (SSSR count). The highest BCUT2D eigenvalue weighted by atomic mass is 16.2. The summed E-state index contributed by atoms with van der Waals surface area (Å²) in [7, 11) is 0. The van der Waals surface area contributed by atoms with Gasteiger partial charge >= 0.3 is 0 Å². The zero-order valence-electron chi connectivity index (χ0n) is 17.5. The van der Waals surface area contributed by atoms with Crippen molar-refractivity contribution in [2.45, 2.75) is 39.3 Å². The summed E-state index contributed by atoms with van der Waals surface area (Å²) < 4.78 is 0. The van der Waals surface area contributed by atoms with Crippen LogP contribution in [0.1, 0.15) is 30.5 Å². The molecule has 4 atom stereocenters. The zero-order chi connectivity index (χ0) is 21.4. The number of fused-ring (bicyclic) bond motifs is 4. The molecular weight excluding hydrogens is 378 g/mol. The summed E-state index contributed by atoms with van der Waals surface area (Å²) in [5.41, 5.74) is 2.76. The molecule has 2 N–H and O–H groups in total. The molecule has 30 heavy (non-hydrogen) atoms. The lowest BCUT2D eigenvalue weighted by molar-refractivity contribution is -0.130. The summed E-state index contributed by atoms with van der Waals surface area (Å²) in [6, 6.07) is 12.9. The van der Waals surface area contributed by atoms with Crippen LogP contribution < -0.4 is 15.5 Å². The standard InChI is InChI=1S/C24H25N3O3/c1-12(2)20-18-19(24(26-20)15-7-5-6-8-16(15)25-23(24)30)22(29)27(21(18)28)17-10-9-13(3)11-14(17)4/h5-12,18-20,26H,1-4H3,(H,25,30)/t18-,19-,20+,24+/m0/s1. The van der Waals surface area contributed by atoms with Crippen LogP contribution >= 0.6 is 0 Å². The predicted octanol–water partition coefficient (Wildman–Crippen LogP) is 2.88. The molecule has 6 nitrogen and oxygen atoms in total. The monoisotopic (exact) mass is 403 g/mol. The van der Waals surface area contributed by atoms with Crippen molar-refractivity contribution in [1.82, 2.24) is 5.32 Å². The fourth-order valence-corrected chi connectivity index (χ4v) is 5.56. The van der Waals surface area contributed by atoms with Crippen LogP contribution in [-0.2, 0) is 19.9 Å². The Bertz CT molecular complexity index is 1110. The maximum absolute atomic E-state index is 13.8. The van der Waals surface area contributed by atoms with Crippen LogP contribution in [0.5, 0.6) is 0 Å². The van der Waals surface area contributed by atoms with Crippen LogP contribution in [0, 0.1) is 31.6 Å². The normalized spacial score (nSPS) is 29.7. The minimum absolute atomic E-state index is 0.0771. The first-order valence-electron chi connectivity index (χ1n) is 10.4. The molecule has 3 amide bonds. The van der Waals surface area contributed by atoms with E-state index in [-0.39, 0.29) is 29.7 Å². The van der Waals surface area contributed by atoms with Crippen LogP contribution in [0.3, 0.4) is 0 Å². The second-order valence-corrected chi connectivity index (χ2v) is 9.03. The smallest absolute Gasteiger partial charge is 0.250 e. The lowest BCUT2D eigenvalue weighted by Gasteiger charge is -2.30. The molecule has 0 saturated carbocycles. The van der Waals surface area contributed by atoms with E-state index in [1.54, 1.807) is 0 Å². The summed E-state index contributed by atoms with van der Waals surface area (Å²) >= 11 is 0. The van der Waals surface area contributed by atoms with Crippen LogP contribution in [0.2, 0.25) is 0 Å². The molecule has 0 aliphatic carbocycles. The molecule has 1 spiro atoms. The number of imide groups is 1. The molecule has 6 heteroatoms. The van der Waals surface area contributed by atoms with Gasteiger partial charge in [0.25, 0.3) is 0 Å². The summed E-state index contributed by atoms with van der Waals surface area (Å²) in [5.74, 6) is -2.08. The number of carbonyl (C=O) groups excluding carboxylic acids is 3. The first kappa shape index (κ1) is 19.0. The summed E-state index contributed by atoms with van der Waals surface area (Å²) in [6.07, 6.45) is 0. The summed E-state index contributed by atoms with van der Waals surface area (Å²) in [6.45, 7) is 7.92. The van der Waals surface area contributed by atoms with Crippen molar-refractivity contribution in [3.05, 3.63) is 59.2 Å². The summed E-state index contributed by atoms with van der Waals surface area (Å²) in [4.78, 5) is 42.1. The van der Waals surface area contributed by atoms with E-state index in [0.717, 1.165) is 16.7 Å². The van der Waals surface area contributed by atoms with E-state index in [4.69, 9.17) is 0 Å². The highest BCUT2D eigenvalue weighted by Gasteiger charge is 2.71. The van der Waals surface area contributed by atoms with Gasteiger partial charge in [-0.1, -0.05) is 49.7 Å². The predicted molar refractivity (Wildman–Crippen MR) is 114 cm³/mol. The fourth-order valence-electron chi connectivity index (χ4n) is 5.56. The van der Waals surface area contributed by atoms with Gasteiger partial charge < -0.3 is 5.32 Å². The second kappa shape index (κ2) is 6.25. The van der Waals surface area contributed by atoms with Gasteiger partial charge in [-0.2, -0.15) is 0 Å². The van der Waals surface area contributed by atoms with Crippen molar-refractivity contribution in [1.29, 1.82) is 0 Å². The Balaban J connectivity index is 1.70. The van der Waals surface area contributed by atoms with Crippen LogP contribution in [0.15, 0.2) is 42.5 Å². The first-order chi connectivity index (χ1) is 14.3. The Morgan fingerprint density at radius 3 is 2.43 bits per heavy atom. The molecule has 0 aromatic heterocycles. The minimum Gasteiger partial charge on any atom is -0.324 e. The second-order valence-electron chi connectivity index (χ2n) is 9.03. The Labute approximate surface area is 175 Å². The third-order valence-corrected chi connectivity index (χ3v) is 6.87. The molecule has 3 aliphatic heterocycles. The quantitative estimate of drug-likeness (QED) is 0.756. The van der Waals surface area contributed by atoms with Crippen molar-refractivity contribution in [3.63, 3.8) is 0 Å². The van der Waals surface area contributed by atoms with E-state index >= 15 is 0 Å². The van der Waals surface area contributed by atoms with Crippen LogP contribution in [0.25, 0.3) is 0 Å². The third kappa shape index (κ3) is 2.25. The van der Waals surface area contributed by atoms with E-state index in [1.165, 1.54) is 4.90 Å². The van der Waals surface area contributed by atoms with Gasteiger partial charge in [0.1, 0.15) is 5.54 Å². The minimum atomic E-state index is -1.23. The third-order valence-electron chi connectivity index (χ3n) is 6.87. The van der Waals surface area contributed by atoms with Gasteiger partial charge in [-0.3, -0.25) is 19.7 Å². The van der Waals surface area contributed by atoms with Gasteiger partial charge in [-0.05, 0) is 37.5 Å². The molecule has 2 aromatic carbocycles. The number of hydrogen-bond donors (Lipinski definition) is 2. The number of nitrogens with one attached hydrogen (secondary N) is 2. The number of nitrogens with zero attached hydrogens (tertiary/aromatic N) is 1. The number of rotatable bonds is 2. The van der Waals surface area contributed by atoms with Crippen molar-refractivity contribution in [3.8, 4) is 0 Å². The van der Waals surface area contributed by atoms with Crippen LogP contribution in [0.4, 0.5) is 11.4 Å². The average Bonchev–Trinajstić information content (AvgIpc) is 3.28. The van der Waals surface area contributed by atoms with E-state index in [1.807, 2.05) is 70.2 Å². The van der Waals surface area contributed by atoms with Gasteiger partial charge in [-0.25, -0.2) is 4.90 Å². The molecule has 154 valence electrons. The Morgan fingerprint density at radius 1 is 1.00 bits per heavy atom. The largest absolute Gasteiger partial charge is 0.324 e. The van der Waals surface area contributed by atoms with E-state index < -0.39 is 17.4 Å². The molecule has 2 saturated heterocycles. The van der Waals surface area contributed by atoms with E-state index in [0.29, 0.717) is 11.4 Å². The van der Waals surface area contributed by atoms with Gasteiger partial charge in [-0.15, -0.1) is 0 Å². The average molecular weight is 403 g/mol. The lowest BCUT2D eigenvalue weighted by Crippen LogP contribution is -2.54. The van der Waals surface area contributed by atoms with Crippen molar-refractivity contribution >= 4 is 29.1 Å². The number of anilines is 2. The number of aryl methyl sites for hydroxylation is 2. The molecular formula is C24H25N3O3. The SMILES string of the molecule is Cc1ccc(N2C(=O)[C@@H]3[C@@H](C(C)C)N[C@@]4(C(=O)Nc5ccccc54)[C@@H]3C2=O)c(C)c1. The van der Waals surface area contributed by atoms with Gasteiger partial charge in [0.05, 0.1) is 17.5 Å². The topological polar surface area (TPSA) is 78.5 Å². The number of amides is 3. The molecule has 3 heterocycles. The van der Waals surface area contributed by atoms with E-state index in [2.05, 4.69) is 10.6 Å². The number of benzene rings is 2. The van der Waals surface area contributed by atoms with E-state index in [9.17, 15) is 14.4 Å². The molecule has 2 fully saturated rings.